The summed E-state index contributed by atoms with van der Waals surface area (Å²) in [5.41, 5.74) is 2.53. The maximum Gasteiger partial charge on any atom is 0.137 e. The van der Waals surface area contributed by atoms with Crippen molar-refractivity contribution in [2.75, 3.05) is 0 Å². The lowest BCUT2D eigenvalue weighted by molar-refractivity contribution is 0.676. The normalized spacial score (nSPS) is 14.9. The van der Waals surface area contributed by atoms with Crippen molar-refractivity contribution in [2.45, 2.75) is 32.0 Å². The van der Waals surface area contributed by atoms with E-state index in [-0.39, 0.29) is 0 Å². The van der Waals surface area contributed by atoms with E-state index in [0.717, 1.165) is 23.6 Å². The highest BCUT2D eigenvalue weighted by Crippen LogP contribution is 2.22. The van der Waals surface area contributed by atoms with Gasteiger partial charge in [-0.2, -0.15) is 5.10 Å². The molecule has 1 aromatic carbocycles. The molecule has 3 rings (SSSR count). The van der Waals surface area contributed by atoms with Crippen molar-refractivity contribution in [3.05, 3.63) is 46.5 Å². The molecule has 1 aliphatic carbocycles. The summed E-state index contributed by atoms with van der Waals surface area (Å²) in [6, 6.07) is 7.25. The molecule has 5 heteroatoms. The summed E-state index contributed by atoms with van der Waals surface area (Å²) in [6.07, 6.45) is 5.94. The van der Waals surface area contributed by atoms with Crippen LogP contribution in [0.3, 0.4) is 0 Å². The Hall–Kier alpha value is -1.20. The molecule has 1 heterocycles. The van der Waals surface area contributed by atoms with E-state index in [9.17, 15) is 0 Å². The summed E-state index contributed by atoms with van der Waals surface area (Å²) in [4.78, 5) is 3.95. The van der Waals surface area contributed by atoms with Gasteiger partial charge in [-0.25, -0.2) is 9.67 Å². The second-order valence-electron chi connectivity index (χ2n) is 4.67. The van der Waals surface area contributed by atoms with Crippen LogP contribution in [-0.4, -0.2) is 20.8 Å². The van der Waals surface area contributed by atoms with Crippen molar-refractivity contribution in [2.24, 2.45) is 0 Å². The lowest BCUT2D eigenvalue weighted by atomic mass is 10.1. The fourth-order valence-electron chi connectivity index (χ4n) is 1.87. The molecule has 18 heavy (non-hydrogen) atoms. The average molecular weight is 307 g/mol. The summed E-state index contributed by atoms with van der Waals surface area (Å²) in [5, 5.41) is 7.63. The van der Waals surface area contributed by atoms with Crippen LogP contribution in [0.25, 0.3) is 0 Å². The maximum absolute atomic E-state index is 4.12. The van der Waals surface area contributed by atoms with E-state index < -0.39 is 0 Å². The van der Waals surface area contributed by atoms with E-state index in [1.165, 1.54) is 24.0 Å². The number of nitrogens with zero attached hydrogens (tertiary/aromatic N) is 3. The Labute approximate surface area is 115 Å². The molecule has 0 unspecified atom stereocenters. The fraction of sp³-hybridized carbons (Fsp3) is 0.385. The van der Waals surface area contributed by atoms with Crippen molar-refractivity contribution in [1.29, 1.82) is 0 Å². The van der Waals surface area contributed by atoms with Gasteiger partial charge in [0.2, 0.25) is 0 Å². The first kappa shape index (κ1) is 11.9. The maximum atomic E-state index is 4.12. The van der Waals surface area contributed by atoms with Gasteiger partial charge in [0.05, 0.1) is 6.54 Å². The monoisotopic (exact) mass is 306 g/mol. The quantitative estimate of drug-likeness (QED) is 0.922. The van der Waals surface area contributed by atoms with Gasteiger partial charge in [0.15, 0.2) is 0 Å². The molecule has 2 aromatic rings. The zero-order valence-corrected chi connectivity index (χ0v) is 11.6. The first-order valence-corrected chi connectivity index (χ1v) is 6.93. The lowest BCUT2D eigenvalue weighted by Gasteiger charge is -2.08. The minimum atomic E-state index is 0.747. The van der Waals surface area contributed by atoms with E-state index in [0.29, 0.717) is 0 Å². The molecule has 0 bridgehead atoms. The number of hydrogen-bond acceptors (Lipinski definition) is 3. The minimum Gasteiger partial charge on any atom is -0.310 e. The molecule has 0 spiro atoms. The zero-order valence-electron chi connectivity index (χ0n) is 10.0. The van der Waals surface area contributed by atoms with Gasteiger partial charge in [0.1, 0.15) is 12.7 Å². The van der Waals surface area contributed by atoms with Gasteiger partial charge in [0.25, 0.3) is 0 Å². The van der Waals surface area contributed by atoms with Crippen molar-refractivity contribution in [3.63, 3.8) is 0 Å². The first-order valence-electron chi connectivity index (χ1n) is 6.14. The molecule has 0 radical (unpaired) electrons. The van der Waals surface area contributed by atoms with Crippen molar-refractivity contribution in [3.8, 4) is 0 Å². The number of aromatic nitrogens is 3. The van der Waals surface area contributed by atoms with Crippen molar-refractivity contribution < 1.29 is 0 Å². The molecule has 0 amide bonds. The van der Waals surface area contributed by atoms with Crippen LogP contribution in [0.1, 0.15) is 24.0 Å². The Bertz CT molecular complexity index is 520. The third-order valence-corrected chi connectivity index (χ3v) is 3.83. The fourth-order valence-corrected chi connectivity index (χ4v) is 2.42. The standard InChI is InChI=1S/C13H15BrN4/c14-13-5-10(6-16-12-3-4-12)1-2-11(13)7-18-9-15-8-17-18/h1-2,5,8-9,12,16H,3-4,6-7H2. The van der Waals surface area contributed by atoms with Gasteiger partial charge < -0.3 is 5.32 Å². The van der Waals surface area contributed by atoms with Gasteiger partial charge in [0, 0.05) is 17.1 Å². The van der Waals surface area contributed by atoms with E-state index in [2.05, 4.69) is 49.5 Å². The van der Waals surface area contributed by atoms with Crippen LogP contribution in [-0.2, 0) is 13.1 Å². The summed E-state index contributed by atoms with van der Waals surface area (Å²) in [6.45, 7) is 1.70. The van der Waals surface area contributed by atoms with Crippen LogP contribution in [0.15, 0.2) is 35.3 Å². The first-order chi connectivity index (χ1) is 8.81. The highest BCUT2D eigenvalue weighted by atomic mass is 79.9. The van der Waals surface area contributed by atoms with Gasteiger partial charge in [-0.3, -0.25) is 0 Å². The van der Waals surface area contributed by atoms with E-state index in [4.69, 9.17) is 0 Å². The van der Waals surface area contributed by atoms with Crippen LogP contribution >= 0.6 is 15.9 Å². The Morgan fingerprint density at radius 2 is 2.28 bits per heavy atom. The van der Waals surface area contributed by atoms with Gasteiger partial charge >= 0.3 is 0 Å². The van der Waals surface area contributed by atoms with Crippen LogP contribution in [0.2, 0.25) is 0 Å². The molecule has 1 aliphatic rings. The highest BCUT2D eigenvalue weighted by molar-refractivity contribution is 9.10. The second-order valence-corrected chi connectivity index (χ2v) is 5.53. The zero-order chi connectivity index (χ0) is 12.4. The Balaban J connectivity index is 1.67. The Morgan fingerprint density at radius 3 is 2.94 bits per heavy atom. The topological polar surface area (TPSA) is 42.7 Å². The largest absolute Gasteiger partial charge is 0.310 e. The van der Waals surface area contributed by atoms with Crippen LogP contribution in [0, 0.1) is 0 Å². The van der Waals surface area contributed by atoms with Crippen molar-refractivity contribution >= 4 is 15.9 Å². The number of hydrogen-bond donors (Lipinski definition) is 1. The Morgan fingerprint density at radius 1 is 1.39 bits per heavy atom. The van der Waals surface area contributed by atoms with E-state index in [1.54, 1.807) is 12.7 Å². The molecule has 1 fully saturated rings. The smallest absolute Gasteiger partial charge is 0.137 e. The molecule has 4 nitrogen and oxygen atoms in total. The van der Waals surface area contributed by atoms with Crippen LogP contribution < -0.4 is 5.32 Å². The summed E-state index contributed by atoms with van der Waals surface area (Å²) in [5.74, 6) is 0. The predicted molar refractivity (Wildman–Crippen MR) is 73.1 cm³/mol. The molecule has 94 valence electrons. The molecule has 0 saturated heterocycles. The number of rotatable bonds is 5. The van der Waals surface area contributed by atoms with E-state index >= 15 is 0 Å². The minimum absolute atomic E-state index is 0.747. The Kier molecular flexibility index (Phi) is 3.43. The molecule has 0 aliphatic heterocycles. The highest BCUT2D eigenvalue weighted by Gasteiger charge is 2.19. The molecule has 0 atom stereocenters. The third-order valence-electron chi connectivity index (χ3n) is 3.09. The van der Waals surface area contributed by atoms with Gasteiger partial charge in [-0.15, -0.1) is 0 Å². The molecule has 1 saturated carbocycles. The third kappa shape index (κ3) is 2.97. The molecular weight excluding hydrogens is 292 g/mol. The second kappa shape index (κ2) is 5.20. The van der Waals surface area contributed by atoms with Crippen LogP contribution in [0.4, 0.5) is 0 Å². The molecule has 1 N–H and O–H groups in total. The predicted octanol–water partition coefficient (Wildman–Crippen LogP) is 2.34. The average Bonchev–Trinajstić information content (AvgIpc) is 3.06. The summed E-state index contributed by atoms with van der Waals surface area (Å²) in [7, 11) is 0. The number of halogens is 1. The molecular formula is C13H15BrN4. The summed E-state index contributed by atoms with van der Waals surface area (Å²) >= 11 is 3.63. The van der Waals surface area contributed by atoms with Gasteiger partial charge in [-0.05, 0) is 30.0 Å². The SMILES string of the molecule is Brc1cc(CNC2CC2)ccc1Cn1cncn1. The van der Waals surface area contributed by atoms with E-state index in [1.807, 2.05) is 4.68 Å². The summed E-state index contributed by atoms with van der Waals surface area (Å²) < 4.78 is 2.95. The lowest BCUT2D eigenvalue weighted by Crippen LogP contribution is -2.15. The molecule has 1 aromatic heterocycles. The number of nitrogens with one attached hydrogen (secondary N) is 1. The van der Waals surface area contributed by atoms with Gasteiger partial charge in [-0.1, -0.05) is 28.1 Å². The number of benzene rings is 1. The van der Waals surface area contributed by atoms with Crippen LogP contribution in [0.5, 0.6) is 0 Å². The van der Waals surface area contributed by atoms with Crippen molar-refractivity contribution in [1.82, 2.24) is 20.1 Å².